The number of ether oxygens (including phenoxy) is 1. The molecule has 0 bridgehead atoms. The molecule has 126 valence electrons. The maximum absolute atomic E-state index is 12.4. The Morgan fingerprint density at radius 1 is 1.08 bits per heavy atom. The molecule has 0 spiro atoms. The lowest BCUT2D eigenvalue weighted by Crippen LogP contribution is -2.22. The van der Waals surface area contributed by atoms with E-state index in [1.807, 2.05) is 67.6 Å². The van der Waals surface area contributed by atoms with E-state index in [4.69, 9.17) is 4.74 Å². The van der Waals surface area contributed by atoms with Crippen LogP contribution in [0.5, 0.6) is 5.75 Å². The number of methoxy groups -OCH3 is 1. The van der Waals surface area contributed by atoms with Crippen molar-refractivity contribution in [3.05, 3.63) is 83.6 Å². The fourth-order valence-corrected chi connectivity index (χ4v) is 2.61. The molecule has 0 aliphatic carbocycles. The van der Waals surface area contributed by atoms with Crippen LogP contribution in [0.3, 0.4) is 0 Å². The molecule has 1 amide bonds. The van der Waals surface area contributed by atoms with Crippen molar-refractivity contribution in [3.63, 3.8) is 0 Å². The average molecular weight is 332 g/mol. The van der Waals surface area contributed by atoms with E-state index in [2.05, 4.69) is 10.3 Å². The Balaban J connectivity index is 1.69. The molecule has 0 unspecified atom stereocenters. The molecule has 25 heavy (non-hydrogen) atoms. The molecule has 3 rings (SSSR count). The highest BCUT2D eigenvalue weighted by Gasteiger charge is 2.08. The van der Waals surface area contributed by atoms with Gasteiger partial charge in [-0.3, -0.25) is 9.78 Å². The highest BCUT2D eigenvalue weighted by Crippen LogP contribution is 2.19. The standard InChI is InChI=1S/C21H20N2O2/c1-15-11-12-22-19(13-15)16-7-9-17(10-8-16)21(24)23-14-18-5-3-4-6-20(18)25-2/h3-13H,14H2,1-2H3,(H,23,24). The lowest BCUT2D eigenvalue weighted by molar-refractivity contribution is 0.0950. The molecule has 0 saturated heterocycles. The van der Waals surface area contributed by atoms with Crippen molar-refractivity contribution in [2.45, 2.75) is 13.5 Å². The topological polar surface area (TPSA) is 51.2 Å². The maximum Gasteiger partial charge on any atom is 0.251 e. The number of carbonyl (C=O) groups excluding carboxylic acids is 1. The molecule has 1 N–H and O–H groups in total. The summed E-state index contributed by atoms with van der Waals surface area (Å²) in [6, 6.07) is 19.1. The number of aromatic nitrogens is 1. The molecule has 0 aliphatic heterocycles. The third-order valence-corrected chi connectivity index (χ3v) is 3.99. The Morgan fingerprint density at radius 3 is 2.56 bits per heavy atom. The number of amides is 1. The zero-order valence-electron chi connectivity index (χ0n) is 14.3. The average Bonchev–Trinajstić information content (AvgIpc) is 2.66. The Kier molecular flexibility index (Phi) is 5.09. The summed E-state index contributed by atoms with van der Waals surface area (Å²) in [5, 5.41) is 2.92. The van der Waals surface area contributed by atoms with Crippen LogP contribution in [0.4, 0.5) is 0 Å². The minimum Gasteiger partial charge on any atom is -0.496 e. The molecule has 0 radical (unpaired) electrons. The second kappa shape index (κ2) is 7.62. The summed E-state index contributed by atoms with van der Waals surface area (Å²) in [6.45, 7) is 2.45. The summed E-state index contributed by atoms with van der Waals surface area (Å²) in [4.78, 5) is 16.7. The maximum atomic E-state index is 12.4. The molecule has 1 heterocycles. The van der Waals surface area contributed by atoms with Gasteiger partial charge in [-0.2, -0.15) is 0 Å². The molecule has 2 aromatic carbocycles. The van der Waals surface area contributed by atoms with Gasteiger partial charge in [-0.15, -0.1) is 0 Å². The lowest BCUT2D eigenvalue weighted by atomic mass is 10.1. The van der Waals surface area contributed by atoms with Gasteiger partial charge >= 0.3 is 0 Å². The minimum absolute atomic E-state index is 0.116. The van der Waals surface area contributed by atoms with Crippen molar-refractivity contribution < 1.29 is 9.53 Å². The second-order valence-corrected chi connectivity index (χ2v) is 5.79. The summed E-state index contributed by atoms with van der Waals surface area (Å²) >= 11 is 0. The molecule has 0 atom stereocenters. The summed E-state index contributed by atoms with van der Waals surface area (Å²) in [6.07, 6.45) is 1.79. The van der Waals surface area contributed by atoms with Gasteiger partial charge in [0.1, 0.15) is 5.75 Å². The van der Waals surface area contributed by atoms with Crippen LogP contribution in [0.25, 0.3) is 11.3 Å². The number of carbonyl (C=O) groups is 1. The van der Waals surface area contributed by atoms with Crippen LogP contribution in [0.2, 0.25) is 0 Å². The van der Waals surface area contributed by atoms with Gasteiger partial charge in [0.2, 0.25) is 0 Å². The van der Waals surface area contributed by atoms with E-state index < -0.39 is 0 Å². The van der Waals surface area contributed by atoms with E-state index in [0.29, 0.717) is 12.1 Å². The number of rotatable bonds is 5. The summed E-state index contributed by atoms with van der Waals surface area (Å²) in [7, 11) is 1.62. The van der Waals surface area contributed by atoms with Gasteiger partial charge in [-0.1, -0.05) is 30.3 Å². The first-order valence-corrected chi connectivity index (χ1v) is 8.10. The molecule has 4 heteroatoms. The normalized spacial score (nSPS) is 10.3. The van der Waals surface area contributed by atoms with E-state index in [9.17, 15) is 4.79 Å². The highest BCUT2D eigenvalue weighted by molar-refractivity contribution is 5.94. The summed E-state index contributed by atoms with van der Waals surface area (Å²) < 4.78 is 5.30. The van der Waals surface area contributed by atoms with E-state index in [1.54, 1.807) is 13.3 Å². The highest BCUT2D eigenvalue weighted by atomic mass is 16.5. The van der Waals surface area contributed by atoms with Crippen molar-refractivity contribution in [2.75, 3.05) is 7.11 Å². The predicted molar refractivity (Wildman–Crippen MR) is 98.6 cm³/mol. The minimum atomic E-state index is -0.116. The van der Waals surface area contributed by atoms with Gasteiger partial charge in [0.15, 0.2) is 0 Å². The number of para-hydroxylation sites is 1. The van der Waals surface area contributed by atoms with Crippen molar-refractivity contribution in [1.82, 2.24) is 10.3 Å². The molecular weight excluding hydrogens is 312 g/mol. The fraction of sp³-hybridized carbons (Fsp3) is 0.143. The molecule has 0 aliphatic rings. The first-order valence-electron chi connectivity index (χ1n) is 8.10. The number of hydrogen-bond acceptors (Lipinski definition) is 3. The van der Waals surface area contributed by atoms with E-state index in [0.717, 1.165) is 28.1 Å². The van der Waals surface area contributed by atoms with Gasteiger partial charge in [-0.05, 0) is 42.8 Å². The third kappa shape index (κ3) is 4.04. The lowest BCUT2D eigenvalue weighted by Gasteiger charge is -2.10. The quantitative estimate of drug-likeness (QED) is 0.768. The monoisotopic (exact) mass is 332 g/mol. The van der Waals surface area contributed by atoms with Gasteiger partial charge < -0.3 is 10.1 Å². The van der Waals surface area contributed by atoms with Gasteiger partial charge in [0.25, 0.3) is 5.91 Å². The Hall–Kier alpha value is -3.14. The molecule has 3 aromatic rings. The van der Waals surface area contributed by atoms with Crippen LogP contribution >= 0.6 is 0 Å². The van der Waals surface area contributed by atoms with Crippen molar-refractivity contribution in [1.29, 1.82) is 0 Å². The fourth-order valence-electron chi connectivity index (χ4n) is 2.61. The van der Waals surface area contributed by atoms with Crippen LogP contribution in [0, 0.1) is 6.92 Å². The first-order chi connectivity index (χ1) is 12.2. The van der Waals surface area contributed by atoms with Crippen LogP contribution in [-0.2, 0) is 6.54 Å². The van der Waals surface area contributed by atoms with Crippen molar-refractivity contribution in [2.24, 2.45) is 0 Å². The van der Waals surface area contributed by atoms with Gasteiger partial charge in [0, 0.05) is 29.4 Å². The van der Waals surface area contributed by atoms with Crippen LogP contribution < -0.4 is 10.1 Å². The Morgan fingerprint density at radius 2 is 1.84 bits per heavy atom. The van der Waals surface area contributed by atoms with Gasteiger partial charge in [0.05, 0.1) is 12.8 Å². The number of benzene rings is 2. The van der Waals surface area contributed by atoms with E-state index in [1.165, 1.54) is 0 Å². The number of nitrogens with one attached hydrogen (secondary N) is 1. The Bertz CT molecular complexity index is 873. The van der Waals surface area contributed by atoms with Crippen molar-refractivity contribution in [3.8, 4) is 17.0 Å². The van der Waals surface area contributed by atoms with E-state index in [-0.39, 0.29) is 5.91 Å². The zero-order valence-corrected chi connectivity index (χ0v) is 14.3. The van der Waals surface area contributed by atoms with Crippen LogP contribution in [0.15, 0.2) is 66.9 Å². The smallest absolute Gasteiger partial charge is 0.251 e. The zero-order chi connectivity index (χ0) is 17.6. The molecule has 0 saturated carbocycles. The molecular formula is C21H20N2O2. The number of nitrogens with zero attached hydrogens (tertiary/aromatic N) is 1. The largest absolute Gasteiger partial charge is 0.496 e. The molecule has 1 aromatic heterocycles. The number of hydrogen-bond donors (Lipinski definition) is 1. The van der Waals surface area contributed by atoms with Crippen LogP contribution in [-0.4, -0.2) is 18.0 Å². The number of pyridine rings is 1. The Labute approximate surface area is 147 Å². The van der Waals surface area contributed by atoms with Gasteiger partial charge in [-0.25, -0.2) is 0 Å². The SMILES string of the molecule is COc1ccccc1CNC(=O)c1ccc(-c2cc(C)ccn2)cc1. The van der Waals surface area contributed by atoms with Crippen LogP contribution in [0.1, 0.15) is 21.5 Å². The predicted octanol–water partition coefficient (Wildman–Crippen LogP) is 4.00. The number of aryl methyl sites for hydroxylation is 1. The second-order valence-electron chi connectivity index (χ2n) is 5.79. The summed E-state index contributed by atoms with van der Waals surface area (Å²) in [5.74, 6) is 0.651. The van der Waals surface area contributed by atoms with Crippen molar-refractivity contribution >= 4 is 5.91 Å². The van der Waals surface area contributed by atoms with E-state index >= 15 is 0 Å². The molecule has 0 fully saturated rings. The first kappa shape index (κ1) is 16.7. The third-order valence-electron chi connectivity index (χ3n) is 3.99. The summed E-state index contributed by atoms with van der Waals surface area (Å²) in [5.41, 5.74) is 4.61. The molecule has 4 nitrogen and oxygen atoms in total.